The second kappa shape index (κ2) is 5.93. The average Bonchev–Trinajstić information content (AvgIpc) is 2.26. The van der Waals surface area contributed by atoms with Crippen LogP contribution < -0.4 is 9.88 Å². The van der Waals surface area contributed by atoms with Crippen molar-refractivity contribution in [3.63, 3.8) is 0 Å². The topological polar surface area (TPSA) is 113 Å². The van der Waals surface area contributed by atoms with Crippen LogP contribution in [0, 0.1) is 22.9 Å². The van der Waals surface area contributed by atoms with E-state index in [0.717, 1.165) is 6.07 Å². The smallest absolute Gasteiger partial charge is 0.275 e. The minimum Gasteiger partial charge on any atom is -0.490 e. The van der Waals surface area contributed by atoms with Gasteiger partial charge >= 0.3 is 0 Å². The van der Waals surface area contributed by atoms with Crippen LogP contribution >= 0.6 is 0 Å². The predicted molar refractivity (Wildman–Crippen MR) is 65.9 cm³/mol. The van der Waals surface area contributed by atoms with Crippen LogP contribution in [0.4, 0.5) is 10.1 Å². The Morgan fingerprint density at radius 1 is 1.47 bits per heavy atom. The van der Waals surface area contributed by atoms with E-state index in [1.165, 1.54) is 13.0 Å². The normalized spacial score (nSPS) is 11.3. The molecule has 106 valence electrons. The summed E-state index contributed by atoms with van der Waals surface area (Å²) in [6.45, 7) is 1.40. The molecule has 2 N–H and O–H groups in total. The molecule has 1 aromatic carbocycles. The molecule has 0 unspecified atom stereocenters. The lowest BCUT2D eigenvalue weighted by Crippen LogP contribution is -2.18. The molecule has 0 aliphatic rings. The first kappa shape index (κ1) is 15.3. The lowest BCUT2D eigenvalue weighted by atomic mass is 10.2. The highest BCUT2D eigenvalue weighted by Gasteiger charge is 2.16. The number of nitrogens with two attached hydrogens (primary N) is 1. The molecule has 0 aromatic heterocycles. The van der Waals surface area contributed by atoms with Gasteiger partial charge in [-0.3, -0.25) is 10.1 Å². The van der Waals surface area contributed by atoms with E-state index >= 15 is 0 Å². The van der Waals surface area contributed by atoms with Crippen LogP contribution in [0.25, 0.3) is 0 Å². The molecule has 0 fully saturated rings. The molecule has 0 radical (unpaired) electrons. The monoisotopic (exact) mass is 292 g/mol. The van der Waals surface area contributed by atoms with Crippen LogP contribution in [0.1, 0.15) is 12.0 Å². The molecule has 0 saturated heterocycles. The van der Waals surface area contributed by atoms with Gasteiger partial charge in [-0.25, -0.2) is 17.9 Å². The maximum atomic E-state index is 13.5. The number of nitro benzene ring substituents is 1. The summed E-state index contributed by atoms with van der Waals surface area (Å²) in [5, 5.41) is 15.4. The zero-order valence-corrected chi connectivity index (χ0v) is 10.9. The Morgan fingerprint density at radius 2 is 2.11 bits per heavy atom. The second-order valence-corrected chi connectivity index (χ2v) is 5.63. The van der Waals surface area contributed by atoms with Crippen molar-refractivity contribution in [2.45, 2.75) is 13.3 Å². The van der Waals surface area contributed by atoms with Crippen molar-refractivity contribution in [1.29, 1.82) is 0 Å². The fraction of sp³-hybridized carbons (Fsp3) is 0.400. The van der Waals surface area contributed by atoms with Crippen molar-refractivity contribution >= 4 is 15.7 Å². The van der Waals surface area contributed by atoms with Crippen LogP contribution in [0.3, 0.4) is 0 Å². The van der Waals surface area contributed by atoms with Crippen molar-refractivity contribution in [2.75, 3.05) is 12.4 Å². The number of benzene rings is 1. The molecule has 1 aromatic rings. The first-order chi connectivity index (χ1) is 8.70. The molecule has 0 aliphatic carbocycles. The fourth-order valence-electron chi connectivity index (χ4n) is 1.39. The maximum absolute atomic E-state index is 13.5. The van der Waals surface area contributed by atoms with Crippen molar-refractivity contribution < 1.29 is 22.5 Å². The summed E-state index contributed by atoms with van der Waals surface area (Å²) in [7, 11) is -3.58. The Morgan fingerprint density at radius 3 is 2.63 bits per heavy atom. The number of ether oxygens (including phenoxy) is 1. The average molecular weight is 292 g/mol. The van der Waals surface area contributed by atoms with E-state index in [1.54, 1.807) is 0 Å². The molecular weight excluding hydrogens is 279 g/mol. The molecule has 9 heteroatoms. The maximum Gasteiger partial charge on any atom is 0.275 e. The summed E-state index contributed by atoms with van der Waals surface area (Å²) in [5.41, 5.74) is -0.0813. The fourth-order valence-corrected chi connectivity index (χ4v) is 1.91. The molecular formula is C10H13FN2O5S. The van der Waals surface area contributed by atoms with Gasteiger partial charge in [-0.15, -0.1) is 0 Å². The van der Waals surface area contributed by atoms with E-state index < -0.39 is 20.8 Å². The summed E-state index contributed by atoms with van der Waals surface area (Å²) in [5.74, 6) is -1.30. The van der Waals surface area contributed by atoms with Crippen molar-refractivity contribution in [2.24, 2.45) is 5.14 Å². The van der Waals surface area contributed by atoms with E-state index in [2.05, 4.69) is 0 Å². The van der Waals surface area contributed by atoms with Crippen molar-refractivity contribution in [3.05, 3.63) is 33.6 Å². The molecule has 0 saturated carbocycles. The molecule has 19 heavy (non-hydrogen) atoms. The number of halogens is 1. The highest BCUT2D eigenvalue weighted by Crippen LogP contribution is 2.26. The van der Waals surface area contributed by atoms with Crippen LogP contribution in [0.5, 0.6) is 5.75 Å². The van der Waals surface area contributed by atoms with E-state index in [9.17, 15) is 22.9 Å². The minimum absolute atomic E-state index is 0.0510. The summed E-state index contributed by atoms with van der Waals surface area (Å²) in [6, 6.07) is 1.97. The van der Waals surface area contributed by atoms with Gasteiger partial charge in [-0.05, 0) is 19.4 Å². The van der Waals surface area contributed by atoms with Gasteiger partial charge in [0.1, 0.15) is 0 Å². The van der Waals surface area contributed by atoms with E-state index in [4.69, 9.17) is 9.88 Å². The first-order valence-electron chi connectivity index (χ1n) is 5.28. The molecule has 0 atom stereocenters. The number of rotatable bonds is 6. The number of hydrogen-bond donors (Lipinski definition) is 1. The highest BCUT2D eigenvalue weighted by atomic mass is 32.2. The van der Waals surface area contributed by atoms with E-state index in [1.807, 2.05) is 0 Å². The largest absolute Gasteiger partial charge is 0.490 e. The molecule has 1 rings (SSSR count). The van der Waals surface area contributed by atoms with Crippen molar-refractivity contribution in [3.8, 4) is 5.75 Å². The highest BCUT2D eigenvalue weighted by molar-refractivity contribution is 7.89. The summed E-state index contributed by atoms with van der Waals surface area (Å²) in [4.78, 5) is 9.88. The Bertz CT molecular complexity index is 588. The third-order valence-electron chi connectivity index (χ3n) is 2.28. The number of nitrogens with zero attached hydrogens (tertiary/aromatic N) is 1. The molecule has 0 amide bonds. The summed E-state index contributed by atoms with van der Waals surface area (Å²) in [6.07, 6.45) is 0.105. The lowest BCUT2D eigenvalue weighted by Gasteiger charge is -2.08. The third kappa shape index (κ3) is 4.79. The summed E-state index contributed by atoms with van der Waals surface area (Å²) < 4.78 is 39.8. The molecule has 0 bridgehead atoms. The zero-order chi connectivity index (χ0) is 14.6. The van der Waals surface area contributed by atoms with Gasteiger partial charge in [0, 0.05) is 5.56 Å². The lowest BCUT2D eigenvalue weighted by molar-refractivity contribution is -0.385. The van der Waals surface area contributed by atoms with Gasteiger partial charge in [0.05, 0.1) is 23.3 Å². The van der Waals surface area contributed by atoms with Gasteiger partial charge in [-0.2, -0.15) is 0 Å². The van der Waals surface area contributed by atoms with E-state index in [0.29, 0.717) is 0 Å². The predicted octanol–water partition coefficient (Wildman–Crippen LogP) is 1.10. The Kier molecular flexibility index (Phi) is 4.78. The number of hydrogen-bond acceptors (Lipinski definition) is 5. The van der Waals surface area contributed by atoms with Crippen LogP contribution in [0.2, 0.25) is 0 Å². The zero-order valence-electron chi connectivity index (χ0n) is 10.1. The van der Waals surface area contributed by atoms with Gasteiger partial charge in [0.15, 0.2) is 11.6 Å². The van der Waals surface area contributed by atoms with Gasteiger partial charge in [-0.1, -0.05) is 0 Å². The third-order valence-corrected chi connectivity index (χ3v) is 3.14. The Hall–Kier alpha value is -1.74. The van der Waals surface area contributed by atoms with Crippen molar-refractivity contribution in [1.82, 2.24) is 0 Å². The quantitative estimate of drug-likeness (QED) is 0.479. The minimum atomic E-state index is -3.58. The number of nitro groups is 1. The van der Waals surface area contributed by atoms with Gasteiger partial charge in [0.25, 0.3) is 5.69 Å². The Labute approximate surface area is 109 Å². The second-order valence-electron chi connectivity index (χ2n) is 3.90. The van der Waals surface area contributed by atoms with Crippen LogP contribution in [-0.2, 0) is 10.0 Å². The molecule has 7 nitrogen and oxygen atoms in total. The van der Waals surface area contributed by atoms with Crippen LogP contribution in [-0.4, -0.2) is 25.7 Å². The van der Waals surface area contributed by atoms with Crippen LogP contribution in [0.15, 0.2) is 12.1 Å². The standard InChI is InChI=1S/C10H13FN2O5S/c1-7-5-10(8(11)6-9(7)13(14)15)18-3-2-4-19(12,16)17/h5-6H,2-4H2,1H3,(H2,12,16,17). The van der Waals surface area contributed by atoms with Gasteiger partial charge in [0.2, 0.25) is 10.0 Å². The van der Waals surface area contributed by atoms with Gasteiger partial charge < -0.3 is 4.74 Å². The first-order valence-corrected chi connectivity index (χ1v) is 7.00. The number of primary sulfonamides is 1. The Balaban J connectivity index is 2.70. The molecule has 0 spiro atoms. The number of sulfonamides is 1. The SMILES string of the molecule is Cc1cc(OCCCS(N)(=O)=O)c(F)cc1[N+](=O)[O-]. The van der Waals surface area contributed by atoms with E-state index in [-0.39, 0.29) is 35.8 Å². The summed E-state index contributed by atoms with van der Waals surface area (Å²) >= 11 is 0. The number of aryl methyl sites for hydroxylation is 1. The molecule has 0 aliphatic heterocycles. The molecule has 0 heterocycles.